The van der Waals surface area contributed by atoms with Crippen LogP contribution in [0.5, 0.6) is 0 Å². The molecule has 3 aromatic rings. The summed E-state index contributed by atoms with van der Waals surface area (Å²) in [4.78, 5) is 12.3. The topological polar surface area (TPSA) is 29.0 Å². The zero-order chi connectivity index (χ0) is 16.5. The average Bonchev–Trinajstić information content (AvgIpc) is 3.26. The molecular weight excluding hydrogens is 354 g/mol. The molecule has 122 valence electrons. The third-order valence-electron chi connectivity index (χ3n) is 4.25. The van der Waals surface area contributed by atoms with Crippen LogP contribution in [0, 0.1) is 6.92 Å². The van der Waals surface area contributed by atoms with Crippen LogP contribution in [0.25, 0.3) is 21.3 Å². The van der Waals surface area contributed by atoms with Gasteiger partial charge in [-0.3, -0.25) is 0 Å². The fourth-order valence-corrected chi connectivity index (χ4v) is 5.20. The van der Waals surface area contributed by atoms with Gasteiger partial charge >= 0.3 is 0 Å². The fourth-order valence-electron chi connectivity index (χ4n) is 2.92. The molecule has 4 rings (SSSR count). The molecule has 2 aromatic heterocycles. The number of aromatic nitrogens is 2. The summed E-state index contributed by atoms with van der Waals surface area (Å²) in [6.45, 7) is 4.23. The Morgan fingerprint density at radius 2 is 1.92 bits per heavy atom. The van der Waals surface area contributed by atoms with E-state index in [9.17, 15) is 0 Å². The molecule has 0 unspecified atom stereocenters. The smallest absolute Gasteiger partial charge is 0.142 e. The first kappa shape index (κ1) is 16.0. The van der Waals surface area contributed by atoms with E-state index in [1.165, 1.54) is 29.5 Å². The molecule has 6 heteroatoms. The van der Waals surface area contributed by atoms with Crippen molar-refractivity contribution in [2.75, 3.05) is 13.1 Å². The number of fused-ring (bicyclic) bond motifs is 1. The fraction of sp³-hybridized carbons (Fsp3) is 0.278. The van der Waals surface area contributed by atoms with Gasteiger partial charge in [0.15, 0.2) is 0 Å². The number of aryl methyl sites for hydroxylation is 1. The number of nitrogens with zero attached hydrogens (tertiary/aromatic N) is 3. The molecule has 1 fully saturated rings. The molecule has 0 N–H and O–H groups in total. The van der Waals surface area contributed by atoms with Gasteiger partial charge in [0.05, 0.1) is 5.39 Å². The van der Waals surface area contributed by atoms with E-state index in [1.54, 1.807) is 29.4 Å². The number of thiocarbonyl (C=S) groups is 1. The minimum atomic E-state index is 0.925. The molecule has 0 radical (unpaired) electrons. The van der Waals surface area contributed by atoms with Gasteiger partial charge in [0.2, 0.25) is 0 Å². The molecule has 0 saturated carbocycles. The van der Waals surface area contributed by atoms with Crippen LogP contribution in [0.1, 0.15) is 18.4 Å². The second-order valence-electron chi connectivity index (χ2n) is 5.94. The maximum atomic E-state index is 5.64. The van der Waals surface area contributed by atoms with Crippen LogP contribution in [0.2, 0.25) is 0 Å². The van der Waals surface area contributed by atoms with Crippen LogP contribution in [-0.4, -0.2) is 32.3 Å². The highest BCUT2D eigenvalue weighted by Crippen LogP contribution is 2.38. The minimum Gasteiger partial charge on any atom is -0.357 e. The number of benzene rings is 1. The van der Waals surface area contributed by atoms with E-state index in [1.807, 2.05) is 0 Å². The average molecular weight is 372 g/mol. The first-order valence-electron chi connectivity index (χ1n) is 7.98. The van der Waals surface area contributed by atoms with E-state index < -0.39 is 0 Å². The van der Waals surface area contributed by atoms with Crippen molar-refractivity contribution in [1.82, 2.24) is 14.9 Å². The van der Waals surface area contributed by atoms with Crippen molar-refractivity contribution >= 4 is 49.9 Å². The summed E-state index contributed by atoms with van der Waals surface area (Å²) in [5.41, 5.74) is 3.66. The number of thiophene rings is 1. The van der Waals surface area contributed by atoms with Crippen LogP contribution in [0.3, 0.4) is 0 Å². The molecule has 3 nitrogen and oxygen atoms in total. The molecule has 0 aliphatic carbocycles. The Labute approximate surface area is 155 Å². The zero-order valence-electron chi connectivity index (χ0n) is 13.4. The van der Waals surface area contributed by atoms with Gasteiger partial charge in [0, 0.05) is 24.0 Å². The molecule has 0 amide bonds. The molecule has 1 saturated heterocycles. The van der Waals surface area contributed by atoms with Crippen molar-refractivity contribution in [3.63, 3.8) is 0 Å². The lowest BCUT2D eigenvalue weighted by molar-refractivity contribution is 0.539. The Kier molecular flexibility index (Phi) is 4.52. The summed E-state index contributed by atoms with van der Waals surface area (Å²) in [6, 6.07) is 8.61. The molecular formula is C18H17N3S3. The Morgan fingerprint density at radius 3 is 2.67 bits per heavy atom. The van der Waals surface area contributed by atoms with Crippen LogP contribution < -0.4 is 0 Å². The highest BCUT2D eigenvalue weighted by atomic mass is 32.2. The van der Waals surface area contributed by atoms with Gasteiger partial charge in [0.1, 0.15) is 20.5 Å². The number of hydrogen-bond acceptors (Lipinski definition) is 5. The van der Waals surface area contributed by atoms with E-state index in [2.05, 4.69) is 51.4 Å². The molecule has 3 heterocycles. The van der Waals surface area contributed by atoms with Crippen molar-refractivity contribution in [3.8, 4) is 11.1 Å². The van der Waals surface area contributed by atoms with E-state index >= 15 is 0 Å². The number of hydrogen-bond donors (Lipinski definition) is 0. The molecule has 0 bridgehead atoms. The first-order chi connectivity index (χ1) is 11.7. The summed E-state index contributed by atoms with van der Waals surface area (Å²) >= 11 is 8.91. The summed E-state index contributed by atoms with van der Waals surface area (Å²) < 4.78 is 0.925. The van der Waals surface area contributed by atoms with Crippen molar-refractivity contribution < 1.29 is 0 Å². The monoisotopic (exact) mass is 371 g/mol. The maximum Gasteiger partial charge on any atom is 0.142 e. The van der Waals surface area contributed by atoms with Gasteiger partial charge in [-0.1, -0.05) is 42.0 Å². The van der Waals surface area contributed by atoms with Crippen LogP contribution in [0.15, 0.2) is 41.0 Å². The van der Waals surface area contributed by atoms with Gasteiger partial charge in [-0.05, 0) is 37.1 Å². The quantitative estimate of drug-likeness (QED) is 0.353. The van der Waals surface area contributed by atoms with Gasteiger partial charge in [0.25, 0.3) is 0 Å². The van der Waals surface area contributed by atoms with E-state index in [0.29, 0.717) is 0 Å². The van der Waals surface area contributed by atoms with Gasteiger partial charge < -0.3 is 4.90 Å². The van der Waals surface area contributed by atoms with Crippen molar-refractivity contribution in [2.45, 2.75) is 24.8 Å². The Morgan fingerprint density at radius 1 is 1.17 bits per heavy atom. The summed E-state index contributed by atoms with van der Waals surface area (Å²) in [6.07, 6.45) is 4.10. The van der Waals surface area contributed by atoms with E-state index in [4.69, 9.17) is 12.2 Å². The van der Waals surface area contributed by atoms with Crippen LogP contribution in [-0.2, 0) is 0 Å². The molecule has 0 spiro atoms. The lowest BCUT2D eigenvalue weighted by Crippen LogP contribution is -2.23. The summed E-state index contributed by atoms with van der Waals surface area (Å²) in [5.74, 6) is 0. The molecule has 1 aliphatic heterocycles. The molecule has 0 atom stereocenters. The SMILES string of the molecule is Cc1ccc(-c2csc3ncnc(SC(=S)N4CCCC4)c23)cc1. The second-order valence-corrected chi connectivity index (χ2v) is 8.42. The van der Waals surface area contributed by atoms with Crippen molar-refractivity contribution in [1.29, 1.82) is 0 Å². The van der Waals surface area contributed by atoms with Crippen molar-refractivity contribution in [3.05, 3.63) is 41.5 Å². The summed E-state index contributed by atoms with van der Waals surface area (Å²) in [7, 11) is 0. The highest BCUT2D eigenvalue weighted by molar-refractivity contribution is 8.23. The molecule has 24 heavy (non-hydrogen) atoms. The number of likely N-dealkylation sites (tertiary alicyclic amines) is 1. The largest absolute Gasteiger partial charge is 0.357 e. The third kappa shape index (κ3) is 3.06. The minimum absolute atomic E-state index is 0.925. The van der Waals surface area contributed by atoms with Gasteiger partial charge in [-0.25, -0.2) is 9.97 Å². The Bertz CT molecular complexity index is 880. The lowest BCUT2D eigenvalue weighted by atomic mass is 10.1. The normalized spacial score (nSPS) is 14.5. The van der Waals surface area contributed by atoms with Gasteiger partial charge in [-0.2, -0.15) is 0 Å². The Hall–Kier alpha value is -1.50. The second kappa shape index (κ2) is 6.78. The molecule has 1 aromatic carbocycles. The standard InChI is InChI=1S/C18H17N3S3/c1-12-4-6-13(7-5-12)14-10-23-16-15(14)17(20-11-19-16)24-18(22)21-8-2-3-9-21/h4-7,10-11H,2-3,8-9H2,1H3. The zero-order valence-corrected chi connectivity index (χ0v) is 15.8. The third-order valence-corrected chi connectivity index (χ3v) is 6.58. The predicted octanol–water partition coefficient (Wildman–Crippen LogP) is 5.14. The predicted molar refractivity (Wildman–Crippen MR) is 107 cm³/mol. The van der Waals surface area contributed by atoms with Crippen LogP contribution in [0.4, 0.5) is 0 Å². The van der Waals surface area contributed by atoms with Gasteiger partial charge in [-0.15, -0.1) is 11.3 Å². The first-order valence-corrected chi connectivity index (χ1v) is 10.1. The number of thioether (sulfide) groups is 1. The molecule has 1 aliphatic rings. The Balaban J connectivity index is 1.74. The van der Waals surface area contributed by atoms with E-state index in [0.717, 1.165) is 32.7 Å². The lowest BCUT2D eigenvalue weighted by Gasteiger charge is -2.17. The van der Waals surface area contributed by atoms with Crippen molar-refractivity contribution in [2.24, 2.45) is 0 Å². The highest BCUT2D eigenvalue weighted by Gasteiger charge is 2.19. The number of rotatable bonds is 2. The summed E-state index contributed by atoms with van der Waals surface area (Å²) in [5, 5.41) is 4.26. The van der Waals surface area contributed by atoms with Crippen LogP contribution >= 0.6 is 35.3 Å². The maximum absolute atomic E-state index is 5.64. The van der Waals surface area contributed by atoms with E-state index in [-0.39, 0.29) is 0 Å².